The van der Waals surface area contributed by atoms with Crippen LogP contribution in [-0.4, -0.2) is 37.5 Å². The number of aliphatic hydroxyl groups excluding tert-OH is 1. The van der Waals surface area contributed by atoms with Crippen LogP contribution in [0.4, 0.5) is 0 Å². The highest BCUT2D eigenvalue weighted by Gasteiger charge is 2.17. The number of ether oxygens (including phenoxy) is 3. The molecule has 0 aliphatic heterocycles. The van der Waals surface area contributed by atoms with Crippen LogP contribution >= 0.6 is 0 Å². The maximum Gasteiger partial charge on any atom is 0.330 e. The molecule has 134 valence electrons. The first-order chi connectivity index (χ1) is 12.7. The van der Waals surface area contributed by atoms with E-state index in [9.17, 15) is 9.90 Å². The Kier molecular flexibility index (Phi) is 5.39. The Morgan fingerprint density at radius 3 is 2.69 bits per heavy atom. The van der Waals surface area contributed by atoms with Crippen molar-refractivity contribution in [1.82, 2.24) is 0 Å². The van der Waals surface area contributed by atoms with Crippen molar-refractivity contribution in [3.8, 4) is 11.5 Å². The monoisotopic (exact) mass is 352 g/mol. The van der Waals surface area contributed by atoms with E-state index in [1.165, 1.54) is 0 Å². The fraction of sp³-hybridized carbons (Fsp3) is 0.190. The Hall–Kier alpha value is -3.05. The van der Waals surface area contributed by atoms with Crippen LogP contribution in [0.2, 0.25) is 0 Å². The topological polar surface area (TPSA) is 65.0 Å². The van der Waals surface area contributed by atoms with Crippen molar-refractivity contribution >= 4 is 27.5 Å². The predicted molar refractivity (Wildman–Crippen MR) is 101 cm³/mol. The van der Waals surface area contributed by atoms with Gasteiger partial charge < -0.3 is 19.3 Å². The number of carbonyl (C=O) groups is 1. The molecule has 0 radical (unpaired) electrons. The number of aliphatic hydroxyl groups is 1. The summed E-state index contributed by atoms with van der Waals surface area (Å²) in [5.41, 5.74) is 0. The van der Waals surface area contributed by atoms with Gasteiger partial charge in [0.25, 0.3) is 0 Å². The molecule has 5 nitrogen and oxygen atoms in total. The summed E-state index contributed by atoms with van der Waals surface area (Å²) in [6.07, 6.45) is 0.267. The van der Waals surface area contributed by atoms with Crippen LogP contribution in [0.1, 0.15) is 0 Å². The fourth-order valence-electron chi connectivity index (χ4n) is 2.88. The molecule has 1 unspecified atom stereocenters. The van der Waals surface area contributed by atoms with E-state index in [1.807, 2.05) is 42.5 Å². The number of hydrogen-bond donors (Lipinski definition) is 1. The average Bonchev–Trinajstić information content (AvgIpc) is 2.69. The first kappa shape index (κ1) is 17.8. The molecule has 0 saturated heterocycles. The van der Waals surface area contributed by atoms with Crippen LogP contribution in [-0.2, 0) is 9.53 Å². The number of rotatable bonds is 7. The van der Waals surface area contributed by atoms with Crippen LogP contribution in [0, 0.1) is 0 Å². The number of esters is 1. The van der Waals surface area contributed by atoms with Crippen molar-refractivity contribution in [2.45, 2.75) is 6.10 Å². The molecular formula is C21H20O5. The minimum atomic E-state index is -0.788. The zero-order valence-corrected chi connectivity index (χ0v) is 14.5. The maximum atomic E-state index is 11.4. The summed E-state index contributed by atoms with van der Waals surface area (Å²) >= 11 is 0. The van der Waals surface area contributed by atoms with Crippen LogP contribution in [0.5, 0.6) is 11.5 Å². The zero-order chi connectivity index (χ0) is 18.5. The first-order valence-electron chi connectivity index (χ1n) is 8.23. The Morgan fingerprint density at radius 1 is 1.19 bits per heavy atom. The molecule has 0 aromatic heterocycles. The third kappa shape index (κ3) is 3.48. The third-order valence-electron chi connectivity index (χ3n) is 4.09. The van der Waals surface area contributed by atoms with Crippen molar-refractivity contribution in [2.24, 2.45) is 0 Å². The van der Waals surface area contributed by atoms with Crippen molar-refractivity contribution in [1.29, 1.82) is 0 Å². The lowest BCUT2D eigenvalue weighted by Crippen LogP contribution is -2.28. The average molecular weight is 352 g/mol. The second-order valence-electron chi connectivity index (χ2n) is 5.74. The molecule has 3 aromatic rings. The number of fused-ring (bicyclic) bond motifs is 2. The molecule has 3 rings (SSSR count). The largest absolute Gasteiger partial charge is 0.496 e. The van der Waals surface area contributed by atoms with Crippen molar-refractivity contribution < 1.29 is 24.1 Å². The van der Waals surface area contributed by atoms with E-state index in [0.717, 1.165) is 27.6 Å². The van der Waals surface area contributed by atoms with Gasteiger partial charge in [0.15, 0.2) is 6.10 Å². The molecule has 1 N–H and O–H groups in total. The summed E-state index contributed by atoms with van der Waals surface area (Å²) in [7, 11) is 1.61. The van der Waals surface area contributed by atoms with E-state index in [2.05, 4.69) is 12.6 Å². The summed E-state index contributed by atoms with van der Waals surface area (Å²) in [6, 6.07) is 15.7. The Balaban J connectivity index is 2.06. The molecule has 26 heavy (non-hydrogen) atoms. The highest BCUT2D eigenvalue weighted by Crippen LogP contribution is 2.40. The van der Waals surface area contributed by atoms with Gasteiger partial charge in [-0.1, -0.05) is 43.0 Å². The summed E-state index contributed by atoms with van der Waals surface area (Å²) in [6.45, 7) is 3.02. The lowest BCUT2D eigenvalue weighted by atomic mass is 10.0. The number of benzene rings is 3. The Bertz CT molecular complexity index is 948. The highest BCUT2D eigenvalue weighted by molar-refractivity contribution is 6.07. The van der Waals surface area contributed by atoms with Crippen LogP contribution in [0.15, 0.2) is 61.2 Å². The lowest BCUT2D eigenvalue weighted by Gasteiger charge is -2.19. The number of methoxy groups -OCH3 is 1. The van der Waals surface area contributed by atoms with E-state index >= 15 is 0 Å². The maximum absolute atomic E-state index is 11.4. The molecule has 0 fully saturated rings. The first-order valence-corrected chi connectivity index (χ1v) is 8.23. The second kappa shape index (κ2) is 7.89. The van der Waals surface area contributed by atoms with Crippen LogP contribution in [0.25, 0.3) is 21.5 Å². The van der Waals surface area contributed by atoms with Gasteiger partial charge in [-0.2, -0.15) is 0 Å². The fourth-order valence-corrected chi connectivity index (χ4v) is 2.88. The minimum absolute atomic E-state index is 0.0111. The molecule has 0 heterocycles. The molecular weight excluding hydrogens is 332 g/mol. The molecule has 5 heteroatoms. The molecule has 0 spiro atoms. The standard InChI is InChI=1S/C21H20O5/c1-3-19(23)26-16(12-22)13-25-21-17-9-5-4-7-14(17)11-15-8-6-10-18(24-2)20(15)21/h3-11,16,22H,1,12-13H2,2H3. The molecule has 0 aliphatic rings. The minimum Gasteiger partial charge on any atom is -0.496 e. The van der Waals surface area contributed by atoms with E-state index in [4.69, 9.17) is 14.2 Å². The molecule has 3 aromatic carbocycles. The molecule has 0 bridgehead atoms. The van der Waals surface area contributed by atoms with Gasteiger partial charge in [0.2, 0.25) is 0 Å². The third-order valence-corrected chi connectivity index (χ3v) is 4.09. The van der Waals surface area contributed by atoms with Gasteiger partial charge in [-0.05, 0) is 22.9 Å². The predicted octanol–water partition coefficient (Wildman–Crippen LogP) is 3.47. The summed E-state index contributed by atoms with van der Waals surface area (Å²) in [4.78, 5) is 11.4. The van der Waals surface area contributed by atoms with Gasteiger partial charge in [-0.15, -0.1) is 0 Å². The van der Waals surface area contributed by atoms with Gasteiger partial charge >= 0.3 is 5.97 Å². The lowest BCUT2D eigenvalue weighted by molar-refractivity contribution is -0.146. The summed E-state index contributed by atoms with van der Waals surface area (Å²) in [5, 5.41) is 13.2. The quantitative estimate of drug-likeness (QED) is 0.401. The molecule has 0 amide bonds. The van der Waals surface area contributed by atoms with E-state index in [1.54, 1.807) is 7.11 Å². The SMILES string of the molecule is C=CC(=O)OC(CO)COc1c2ccccc2cc2cccc(OC)c12. The van der Waals surface area contributed by atoms with E-state index in [-0.39, 0.29) is 13.2 Å². The van der Waals surface area contributed by atoms with Crippen molar-refractivity contribution in [3.63, 3.8) is 0 Å². The Labute approximate surface area is 151 Å². The van der Waals surface area contributed by atoms with Gasteiger partial charge in [-0.3, -0.25) is 0 Å². The smallest absolute Gasteiger partial charge is 0.330 e. The van der Waals surface area contributed by atoms with Crippen molar-refractivity contribution in [3.05, 3.63) is 61.2 Å². The van der Waals surface area contributed by atoms with Crippen LogP contribution < -0.4 is 9.47 Å². The summed E-state index contributed by atoms with van der Waals surface area (Å²) < 4.78 is 16.6. The zero-order valence-electron chi connectivity index (χ0n) is 14.5. The highest BCUT2D eigenvalue weighted by atomic mass is 16.6. The van der Waals surface area contributed by atoms with Gasteiger partial charge in [0.1, 0.15) is 18.1 Å². The Morgan fingerprint density at radius 2 is 1.96 bits per heavy atom. The van der Waals surface area contributed by atoms with Gasteiger partial charge in [0.05, 0.1) is 19.1 Å². The van der Waals surface area contributed by atoms with Crippen LogP contribution in [0.3, 0.4) is 0 Å². The summed E-state index contributed by atoms with van der Waals surface area (Å²) in [5.74, 6) is 0.712. The second-order valence-corrected chi connectivity index (χ2v) is 5.74. The van der Waals surface area contributed by atoms with E-state index in [0.29, 0.717) is 11.5 Å². The number of carbonyl (C=O) groups excluding carboxylic acids is 1. The normalized spacial score (nSPS) is 11.9. The molecule has 0 saturated carbocycles. The van der Waals surface area contributed by atoms with Gasteiger partial charge in [0, 0.05) is 11.5 Å². The molecule has 1 atom stereocenters. The van der Waals surface area contributed by atoms with Gasteiger partial charge in [-0.25, -0.2) is 4.79 Å². The number of hydrogen-bond acceptors (Lipinski definition) is 5. The van der Waals surface area contributed by atoms with Crippen molar-refractivity contribution in [2.75, 3.05) is 20.3 Å². The van der Waals surface area contributed by atoms with E-state index < -0.39 is 12.1 Å². The molecule has 0 aliphatic carbocycles.